The van der Waals surface area contributed by atoms with Gasteiger partial charge >= 0.3 is 0 Å². The lowest BCUT2D eigenvalue weighted by molar-refractivity contribution is -0.121. The van der Waals surface area contributed by atoms with Crippen LogP contribution in [0.4, 0.5) is 0 Å². The predicted octanol–water partition coefficient (Wildman–Crippen LogP) is 3.20. The maximum atomic E-state index is 12.6. The SMILES string of the molecule is O=C(CCc1ccc(S(=O)(=O)NCc2ccccc2)cc1)NCc1ccc(S(=O)(=O)N2CCCC2)cc1. The van der Waals surface area contributed by atoms with Gasteiger partial charge in [-0.2, -0.15) is 4.31 Å². The van der Waals surface area contributed by atoms with Gasteiger partial charge in [-0.1, -0.05) is 54.6 Å². The number of carbonyl (C=O) groups excluding carboxylic acids is 1. The van der Waals surface area contributed by atoms with Gasteiger partial charge in [0.05, 0.1) is 9.79 Å². The first kappa shape index (κ1) is 27.0. The highest BCUT2D eigenvalue weighted by molar-refractivity contribution is 7.89. The molecule has 8 nitrogen and oxygen atoms in total. The van der Waals surface area contributed by atoms with Crippen LogP contribution < -0.4 is 10.0 Å². The first-order valence-corrected chi connectivity index (χ1v) is 15.1. The van der Waals surface area contributed by atoms with Gasteiger partial charge in [0.15, 0.2) is 0 Å². The zero-order valence-corrected chi connectivity index (χ0v) is 22.1. The molecule has 0 atom stereocenters. The molecule has 1 heterocycles. The molecule has 4 rings (SSSR count). The van der Waals surface area contributed by atoms with Crippen molar-refractivity contribution in [1.29, 1.82) is 0 Å². The van der Waals surface area contributed by atoms with Crippen LogP contribution >= 0.6 is 0 Å². The smallest absolute Gasteiger partial charge is 0.243 e. The van der Waals surface area contributed by atoms with Gasteiger partial charge < -0.3 is 5.32 Å². The lowest BCUT2D eigenvalue weighted by Gasteiger charge is -2.15. The minimum absolute atomic E-state index is 0.144. The summed E-state index contributed by atoms with van der Waals surface area (Å²) in [6, 6.07) is 22.4. The van der Waals surface area contributed by atoms with E-state index in [0.29, 0.717) is 26.1 Å². The van der Waals surface area contributed by atoms with Gasteiger partial charge in [0.2, 0.25) is 26.0 Å². The quantitative estimate of drug-likeness (QED) is 0.387. The molecule has 0 aliphatic carbocycles. The highest BCUT2D eigenvalue weighted by Crippen LogP contribution is 2.21. The molecule has 0 saturated carbocycles. The number of aryl methyl sites for hydroxylation is 1. The summed E-state index contributed by atoms with van der Waals surface area (Å²) < 4.78 is 54.4. The molecule has 0 bridgehead atoms. The average molecular weight is 542 g/mol. The third kappa shape index (κ3) is 7.26. The number of rotatable bonds is 11. The summed E-state index contributed by atoms with van der Waals surface area (Å²) in [6.45, 7) is 1.63. The molecule has 1 aliphatic rings. The summed E-state index contributed by atoms with van der Waals surface area (Å²) in [5.74, 6) is -0.144. The molecule has 1 aliphatic heterocycles. The van der Waals surface area contributed by atoms with Crippen molar-refractivity contribution < 1.29 is 21.6 Å². The molecular weight excluding hydrogens is 510 g/mol. The van der Waals surface area contributed by atoms with Crippen LogP contribution in [0.3, 0.4) is 0 Å². The van der Waals surface area contributed by atoms with Gasteiger partial charge in [0, 0.05) is 32.6 Å². The van der Waals surface area contributed by atoms with E-state index in [1.165, 1.54) is 16.4 Å². The van der Waals surface area contributed by atoms with E-state index in [1.807, 2.05) is 30.3 Å². The molecule has 37 heavy (non-hydrogen) atoms. The number of hydrogen-bond acceptors (Lipinski definition) is 5. The average Bonchev–Trinajstić information content (AvgIpc) is 3.47. The zero-order valence-electron chi connectivity index (χ0n) is 20.5. The molecule has 3 aromatic carbocycles. The Labute approximate surface area is 218 Å². The van der Waals surface area contributed by atoms with E-state index >= 15 is 0 Å². The van der Waals surface area contributed by atoms with Crippen molar-refractivity contribution in [3.8, 4) is 0 Å². The Hall–Kier alpha value is -3.05. The highest BCUT2D eigenvalue weighted by Gasteiger charge is 2.26. The van der Waals surface area contributed by atoms with Crippen molar-refractivity contribution in [2.75, 3.05) is 13.1 Å². The summed E-state index contributed by atoms with van der Waals surface area (Å²) in [6.07, 6.45) is 2.49. The van der Waals surface area contributed by atoms with E-state index in [-0.39, 0.29) is 28.7 Å². The molecule has 1 amide bonds. The minimum Gasteiger partial charge on any atom is -0.352 e. The summed E-state index contributed by atoms with van der Waals surface area (Å²) in [7, 11) is -7.08. The fourth-order valence-corrected chi connectivity index (χ4v) is 6.63. The molecule has 0 unspecified atom stereocenters. The Bertz CT molecular complexity index is 1400. The summed E-state index contributed by atoms with van der Waals surface area (Å²) in [5, 5.41) is 2.85. The second-order valence-corrected chi connectivity index (χ2v) is 12.7. The monoisotopic (exact) mass is 541 g/mol. The van der Waals surface area contributed by atoms with Gasteiger partial charge in [-0.15, -0.1) is 0 Å². The van der Waals surface area contributed by atoms with Crippen LogP contribution in [0.15, 0.2) is 88.7 Å². The number of sulfonamides is 2. The lowest BCUT2D eigenvalue weighted by atomic mass is 10.1. The van der Waals surface area contributed by atoms with Gasteiger partial charge in [-0.25, -0.2) is 21.6 Å². The Kier molecular flexibility index (Phi) is 8.75. The van der Waals surface area contributed by atoms with Crippen molar-refractivity contribution in [3.05, 3.63) is 95.6 Å². The van der Waals surface area contributed by atoms with Crippen molar-refractivity contribution in [1.82, 2.24) is 14.3 Å². The number of nitrogens with zero attached hydrogens (tertiary/aromatic N) is 1. The summed E-state index contributed by atoms with van der Waals surface area (Å²) in [4.78, 5) is 12.8. The number of carbonyl (C=O) groups is 1. The Morgan fingerprint density at radius 3 is 1.92 bits per heavy atom. The summed E-state index contributed by atoms with van der Waals surface area (Å²) in [5.41, 5.74) is 2.54. The maximum Gasteiger partial charge on any atom is 0.243 e. The third-order valence-electron chi connectivity index (χ3n) is 6.30. The third-order valence-corrected chi connectivity index (χ3v) is 9.63. The predicted molar refractivity (Wildman–Crippen MR) is 142 cm³/mol. The topological polar surface area (TPSA) is 113 Å². The van der Waals surface area contributed by atoms with Gasteiger partial charge in [0.1, 0.15) is 0 Å². The second kappa shape index (κ2) is 12.0. The molecule has 10 heteroatoms. The Balaban J connectivity index is 1.23. The van der Waals surface area contributed by atoms with Crippen LogP contribution in [0, 0.1) is 0 Å². The second-order valence-electron chi connectivity index (χ2n) is 8.99. The van der Waals surface area contributed by atoms with E-state index in [2.05, 4.69) is 10.0 Å². The van der Waals surface area contributed by atoms with Gasteiger partial charge in [0.25, 0.3) is 0 Å². The number of benzene rings is 3. The zero-order chi connectivity index (χ0) is 26.3. The van der Waals surface area contributed by atoms with E-state index in [0.717, 1.165) is 29.5 Å². The van der Waals surface area contributed by atoms with E-state index in [1.54, 1.807) is 36.4 Å². The van der Waals surface area contributed by atoms with Crippen LogP contribution in [0.2, 0.25) is 0 Å². The number of hydrogen-bond donors (Lipinski definition) is 2. The molecule has 196 valence electrons. The lowest BCUT2D eigenvalue weighted by Crippen LogP contribution is -2.28. The van der Waals surface area contributed by atoms with E-state index in [4.69, 9.17) is 0 Å². The van der Waals surface area contributed by atoms with E-state index < -0.39 is 20.0 Å². The molecule has 3 aromatic rings. The van der Waals surface area contributed by atoms with Gasteiger partial charge in [-0.05, 0) is 60.2 Å². The van der Waals surface area contributed by atoms with Crippen LogP contribution in [-0.4, -0.2) is 40.1 Å². The van der Waals surface area contributed by atoms with Crippen molar-refractivity contribution >= 4 is 26.0 Å². The molecular formula is C27H31N3O5S2. The van der Waals surface area contributed by atoms with Crippen molar-refractivity contribution in [2.45, 2.75) is 48.6 Å². The van der Waals surface area contributed by atoms with Crippen molar-refractivity contribution in [2.24, 2.45) is 0 Å². The van der Waals surface area contributed by atoms with Gasteiger partial charge in [-0.3, -0.25) is 4.79 Å². The largest absolute Gasteiger partial charge is 0.352 e. The molecule has 0 spiro atoms. The number of nitrogens with one attached hydrogen (secondary N) is 2. The first-order chi connectivity index (χ1) is 17.7. The normalized spacial score (nSPS) is 14.5. The molecule has 0 aromatic heterocycles. The number of amides is 1. The first-order valence-electron chi connectivity index (χ1n) is 12.2. The van der Waals surface area contributed by atoms with Crippen LogP contribution in [-0.2, 0) is 44.4 Å². The van der Waals surface area contributed by atoms with E-state index in [9.17, 15) is 21.6 Å². The highest BCUT2D eigenvalue weighted by atomic mass is 32.2. The molecule has 1 fully saturated rings. The molecule has 2 N–H and O–H groups in total. The van der Waals surface area contributed by atoms with Crippen LogP contribution in [0.25, 0.3) is 0 Å². The van der Waals surface area contributed by atoms with Crippen LogP contribution in [0.1, 0.15) is 36.0 Å². The standard InChI is InChI=1S/C27H31N3O5S2/c31-27(28-20-24-10-15-26(16-11-24)37(34,35)30-18-4-5-19-30)17-12-22-8-13-25(14-9-22)36(32,33)29-21-23-6-2-1-3-7-23/h1-3,6-11,13-16,29H,4-5,12,17-21H2,(H,28,31). The van der Waals surface area contributed by atoms with Crippen LogP contribution in [0.5, 0.6) is 0 Å². The Morgan fingerprint density at radius 2 is 1.27 bits per heavy atom. The Morgan fingerprint density at radius 1 is 0.703 bits per heavy atom. The summed E-state index contributed by atoms with van der Waals surface area (Å²) >= 11 is 0. The molecule has 1 saturated heterocycles. The fraction of sp³-hybridized carbons (Fsp3) is 0.296. The minimum atomic E-state index is -3.63. The fourth-order valence-electron chi connectivity index (χ4n) is 4.10. The van der Waals surface area contributed by atoms with Crippen molar-refractivity contribution in [3.63, 3.8) is 0 Å². The maximum absolute atomic E-state index is 12.6. The molecule has 0 radical (unpaired) electrons.